The smallest absolute Gasteiger partial charge is 0.323 e. The van der Waals surface area contributed by atoms with E-state index in [-0.39, 0.29) is 19.0 Å². The number of fused-ring (bicyclic) bond motifs is 1. The van der Waals surface area contributed by atoms with Gasteiger partial charge >= 0.3 is 5.97 Å². The van der Waals surface area contributed by atoms with Crippen LogP contribution in [0.25, 0.3) is 6.08 Å². The number of nitrogens with zero attached hydrogens (tertiary/aromatic N) is 1. The van der Waals surface area contributed by atoms with Crippen molar-refractivity contribution < 1.29 is 9.90 Å². The Morgan fingerprint density at radius 3 is 2.75 bits per heavy atom. The van der Waals surface area contributed by atoms with Gasteiger partial charge in [0.1, 0.15) is 6.54 Å². The van der Waals surface area contributed by atoms with Crippen molar-refractivity contribution in [3.63, 3.8) is 0 Å². The number of carboxylic acids is 1. The van der Waals surface area contributed by atoms with Gasteiger partial charge in [0.2, 0.25) is 0 Å². The van der Waals surface area contributed by atoms with E-state index in [0.29, 0.717) is 0 Å². The monoisotopic (exact) mass is 237 g/mol. The molecule has 0 bridgehead atoms. The molecule has 1 aromatic carbocycles. The summed E-state index contributed by atoms with van der Waals surface area (Å²) in [5, 5.41) is 8.79. The predicted molar refractivity (Wildman–Crippen MR) is 66.8 cm³/mol. The maximum Gasteiger partial charge on any atom is 0.323 e. The number of allylic oxidation sites excluding steroid dienone is 2. The zero-order valence-electron chi connectivity index (χ0n) is 8.54. The summed E-state index contributed by atoms with van der Waals surface area (Å²) in [6.45, 7) is -0.0187. The highest BCUT2D eigenvalue weighted by Gasteiger charge is 2.11. The number of hydrogen-bond donors (Lipinski definition) is 1. The molecule has 0 aliphatic carbocycles. The molecule has 0 atom stereocenters. The SMILES string of the molecule is Cl.O=C(O)CN1C=CC=Cc2ccccc21. The van der Waals surface area contributed by atoms with E-state index in [2.05, 4.69) is 0 Å². The van der Waals surface area contributed by atoms with Gasteiger partial charge in [-0.15, -0.1) is 12.4 Å². The van der Waals surface area contributed by atoms with Crippen LogP contribution in [0.5, 0.6) is 0 Å². The molecule has 4 heteroatoms. The second-order valence-corrected chi connectivity index (χ2v) is 3.28. The Morgan fingerprint density at radius 2 is 2.00 bits per heavy atom. The van der Waals surface area contributed by atoms with Gasteiger partial charge in [0.25, 0.3) is 0 Å². The van der Waals surface area contributed by atoms with E-state index >= 15 is 0 Å². The molecule has 0 saturated heterocycles. The first-order chi connectivity index (χ1) is 7.27. The largest absolute Gasteiger partial charge is 0.480 e. The summed E-state index contributed by atoms with van der Waals surface area (Å²) in [4.78, 5) is 12.4. The standard InChI is InChI=1S/C12H11NO2.ClH/c14-12(15)9-13-8-4-3-6-10-5-1-2-7-11(10)13;/h1-8H,9H2,(H,14,15);1H. The molecule has 16 heavy (non-hydrogen) atoms. The minimum atomic E-state index is -0.837. The lowest BCUT2D eigenvalue weighted by Gasteiger charge is -2.19. The van der Waals surface area contributed by atoms with Crippen molar-refractivity contribution >= 4 is 30.1 Å². The lowest BCUT2D eigenvalue weighted by atomic mass is 10.1. The first-order valence-corrected chi connectivity index (χ1v) is 4.70. The Hall–Kier alpha value is -1.74. The van der Waals surface area contributed by atoms with Crippen molar-refractivity contribution in [3.8, 4) is 0 Å². The average molecular weight is 238 g/mol. The van der Waals surface area contributed by atoms with E-state index in [4.69, 9.17) is 5.11 Å². The Bertz CT molecular complexity index is 440. The number of halogens is 1. The van der Waals surface area contributed by atoms with Crippen molar-refractivity contribution in [1.29, 1.82) is 0 Å². The Morgan fingerprint density at radius 1 is 1.25 bits per heavy atom. The molecule has 0 radical (unpaired) electrons. The number of aliphatic carboxylic acids is 1. The molecule has 3 nitrogen and oxygen atoms in total. The van der Waals surface area contributed by atoms with Gasteiger partial charge in [0.15, 0.2) is 0 Å². The van der Waals surface area contributed by atoms with E-state index < -0.39 is 5.97 Å². The highest BCUT2D eigenvalue weighted by Crippen LogP contribution is 2.23. The summed E-state index contributed by atoms with van der Waals surface area (Å²) < 4.78 is 0. The summed E-state index contributed by atoms with van der Waals surface area (Å²) in [5.74, 6) is -0.837. The fourth-order valence-electron chi connectivity index (χ4n) is 1.57. The molecule has 1 heterocycles. The van der Waals surface area contributed by atoms with Crippen molar-refractivity contribution in [1.82, 2.24) is 0 Å². The summed E-state index contributed by atoms with van der Waals surface area (Å²) in [6.07, 6.45) is 7.48. The lowest BCUT2D eigenvalue weighted by molar-refractivity contribution is -0.135. The van der Waals surface area contributed by atoms with E-state index in [1.807, 2.05) is 42.5 Å². The first kappa shape index (κ1) is 12.3. The predicted octanol–water partition coefficient (Wildman–Crippen LogP) is 2.54. The van der Waals surface area contributed by atoms with Gasteiger partial charge in [-0.25, -0.2) is 0 Å². The second kappa shape index (κ2) is 5.37. The molecule has 84 valence electrons. The van der Waals surface area contributed by atoms with Crippen LogP contribution in [-0.4, -0.2) is 17.6 Å². The van der Waals surface area contributed by atoms with Gasteiger partial charge < -0.3 is 10.0 Å². The Kier molecular flexibility index (Phi) is 4.14. The van der Waals surface area contributed by atoms with Crippen molar-refractivity contribution in [2.45, 2.75) is 0 Å². The quantitative estimate of drug-likeness (QED) is 0.859. The van der Waals surface area contributed by atoms with Gasteiger partial charge in [-0.05, 0) is 17.7 Å². The van der Waals surface area contributed by atoms with Crippen molar-refractivity contribution in [3.05, 3.63) is 48.2 Å². The van der Waals surface area contributed by atoms with Gasteiger partial charge in [-0.2, -0.15) is 0 Å². The number of hydrogen-bond acceptors (Lipinski definition) is 2. The highest BCUT2D eigenvalue weighted by molar-refractivity contribution is 5.85. The third-order valence-corrected chi connectivity index (χ3v) is 2.20. The molecular weight excluding hydrogens is 226 g/mol. The van der Waals surface area contributed by atoms with Gasteiger partial charge in [-0.1, -0.05) is 30.4 Å². The van der Waals surface area contributed by atoms with Crippen LogP contribution in [0.15, 0.2) is 42.6 Å². The number of benzene rings is 1. The van der Waals surface area contributed by atoms with Crippen LogP contribution in [-0.2, 0) is 4.79 Å². The van der Waals surface area contributed by atoms with E-state index in [1.54, 1.807) is 11.1 Å². The van der Waals surface area contributed by atoms with Crippen LogP contribution in [0, 0.1) is 0 Å². The molecule has 2 rings (SSSR count). The van der Waals surface area contributed by atoms with Crippen LogP contribution in [0.4, 0.5) is 5.69 Å². The number of anilines is 1. The van der Waals surface area contributed by atoms with E-state index in [0.717, 1.165) is 11.3 Å². The number of rotatable bonds is 2. The molecular formula is C12H12ClNO2. The van der Waals surface area contributed by atoms with Gasteiger partial charge in [0, 0.05) is 11.9 Å². The first-order valence-electron chi connectivity index (χ1n) is 4.70. The van der Waals surface area contributed by atoms with Gasteiger partial charge in [0.05, 0.1) is 0 Å². The average Bonchev–Trinajstić information content (AvgIpc) is 2.41. The number of para-hydroxylation sites is 1. The summed E-state index contributed by atoms with van der Waals surface area (Å²) in [6, 6.07) is 7.72. The van der Waals surface area contributed by atoms with Crippen molar-refractivity contribution in [2.24, 2.45) is 0 Å². The normalized spacial score (nSPS) is 12.6. The molecule has 0 unspecified atom stereocenters. The van der Waals surface area contributed by atoms with Crippen LogP contribution < -0.4 is 4.90 Å². The molecule has 0 amide bonds. The van der Waals surface area contributed by atoms with Crippen LogP contribution in [0.2, 0.25) is 0 Å². The zero-order valence-corrected chi connectivity index (χ0v) is 9.35. The molecule has 1 aliphatic rings. The van der Waals surface area contributed by atoms with Crippen molar-refractivity contribution in [2.75, 3.05) is 11.4 Å². The molecule has 0 aromatic heterocycles. The lowest BCUT2D eigenvalue weighted by Crippen LogP contribution is -2.24. The van der Waals surface area contributed by atoms with Crippen LogP contribution >= 0.6 is 12.4 Å². The third kappa shape index (κ3) is 2.64. The van der Waals surface area contributed by atoms with E-state index in [9.17, 15) is 4.79 Å². The maximum absolute atomic E-state index is 10.7. The molecule has 1 aromatic rings. The molecule has 1 aliphatic heterocycles. The minimum Gasteiger partial charge on any atom is -0.480 e. The Labute approximate surface area is 100 Å². The molecule has 0 spiro atoms. The second-order valence-electron chi connectivity index (χ2n) is 3.28. The minimum absolute atomic E-state index is 0. The summed E-state index contributed by atoms with van der Waals surface area (Å²) in [5.41, 5.74) is 1.95. The van der Waals surface area contributed by atoms with Gasteiger partial charge in [-0.3, -0.25) is 4.79 Å². The topological polar surface area (TPSA) is 40.5 Å². The molecule has 1 N–H and O–H groups in total. The van der Waals surface area contributed by atoms with Crippen LogP contribution in [0.1, 0.15) is 5.56 Å². The third-order valence-electron chi connectivity index (χ3n) is 2.20. The van der Waals surface area contributed by atoms with E-state index in [1.165, 1.54) is 0 Å². The Balaban J connectivity index is 0.00000128. The highest BCUT2D eigenvalue weighted by atomic mass is 35.5. The number of carboxylic acid groups (broad SMARTS) is 1. The number of carbonyl (C=O) groups is 1. The summed E-state index contributed by atoms with van der Waals surface area (Å²) >= 11 is 0. The fraction of sp³-hybridized carbons (Fsp3) is 0.0833. The molecule has 0 saturated carbocycles. The fourth-order valence-corrected chi connectivity index (χ4v) is 1.57. The summed E-state index contributed by atoms with van der Waals surface area (Å²) in [7, 11) is 0. The maximum atomic E-state index is 10.7. The van der Waals surface area contributed by atoms with Crippen LogP contribution in [0.3, 0.4) is 0 Å². The zero-order chi connectivity index (χ0) is 10.7. The molecule has 0 fully saturated rings.